The van der Waals surface area contributed by atoms with Crippen LogP contribution in [0.4, 0.5) is 26.0 Å². The molecule has 2 unspecified atom stereocenters. The number of aromatic nitrogens is 2. The van der Waals surface area contributed by atoms with E-state index < -0.39 is 5.60 Å². The number of urea groups is 2. The van der Waals surface area contributed by atoms with Gasteiger partial charge in [0, 0.05) is 60.9 Å². The maximum absolute atomic E-state index is 12.6. The van der Waals surface area contributed by atoms with Gasteiger partial charge in [-0.1, -0.05) is 24.3 Å². The second-order valence-corrected chi connectivity index (χ2v) is 15.3. The fourth-order valence-corrected chi connectivity index (χ4v) is 7.63. The Morgan fingerprint density at radius 2 is 1.30 bits per heavy atom. The van der Waals surface area contributed by atoms with Crippen LogP contribution in [0.25, 0.3) is 22.5 Å². The van der Waals surface area contributed by atoms with Gasteiger partial charge in [-0.3, -0.25) is 10.6 Å². The highest BCUT2D eigenvalue weighted by Gasteiger charge is 2.32. The van der Waals surface area contributed by atoms with Crippen LogP contribution < -0.4 is 26.6 Å². The van der Waals surface area contributed by atoms with Crippen LogP contribution in [0.3, 0.4) is 0 Å². The first kappa shape index (κ1) is 40.1. The molecule has 0 radical (unpaired) electrons. The van der Waals surface area contributed by atoms with Crippen LogP contribution in [-0.2, 0) is 17.8 Å². The van der Waals surface area contributed by atoms with E-state index in [1.54, 1.807) is 35.2 Å². The number of nitrogens with one attached hydrogen (secondary N) is 5. The average molecular weight is 785 g/mol. The number of carbonyl (C=O) groups is 3. The Morgan fingerprint density at radius 1 is 0.786 bits per heavy atom. The molecule has 4 aromatic rings. The summed E-state index contributed by atoms with van der Waals surface area (Å²) in [7, 11) is 0. The first-order valence-electron chi connectivity index (χ1n) is 18.9. The number of phenolic OH excluding ortho intramolecular Hbond substituents is 2. The standard InChI is InChI=1S/C23H28N4O4.C18H20N4O2.ClH/c1-23(2,3)31-22(30)27-10-6-7-14(13-27)16-11-18(15-8-4-5-9-19(15)28)25-20-17(16)12-24-21(29)26-20;23-16-6-2-1-5-12(16)15-8-13(11-4-3-7-19-9-11)14-10-20-18(24)22-17(14)21-15;/h4-5,8-9,11,14,28H,6-7,10,12-13H2,1-3H3,(H2,24,25,26,29);1-2,5-6,8,11,19,23H,3-4,7,9-10H2,(H2,20,21,22,24);1H. The van der Waals surface area contributed by atoms with Gasteiger partial charge in [0.25, 0.3) is 0 Å². The van der Waals surface area contributed by atoms with Crippen molar-refractivity contribution in [2.24, 2.45) is 0 Å². The average Bonchev–Trinajstić information content (AvgIpc) is 3.17. The molecule has 14 nitrogen and oxygen atoms in total. The molecule has 296 valence electrons. The third-order valence-corrected chi connectivity index (χ3v) is 10.2. The van der Waals surface area contributed by atoms with Crippen LogP contribution in [0.1, 0.15) is 80.5 Å². The number of likely N-dealkylation sites (tertiary alicyclic amines) is 1. The molecule has 0 aliphatic carbocycles. The number of ether oxygens (including phenoxy) is 1. The highest BCUT2D eigenvalue weighted by Crippen LogP contribution is 2.39. The number of halogens is 1. The number of aromatic hydroxyl groups is 2. The quantitative estimate of drug-likeness (QED) is 0.112. The van der Waals surface area contributed by atoms with Crippen LogP contribution in [0.15, 0.2) is 60.7 Å². The minimum absolute atomic E-state index is 0. The molecular formula is C41H49ClN8O6. The number of benzene rings is 2. The molecule has 6 heterocycles. The van der Waals surface area contributed by atoms with Crippen molar-refractivity contribution in [2.45, 2.75) is 77.0 Å². The van der Waals surface area contributed by atoms with Gasteiger partial charge in [0.15, 0.2) is 0 Å². The van der Waals surface area contributed by atoms with Gasteiger partial charge in [0.05, 0.1) is 11.4 Å². The molecule has 2 aromatic heterocycles. The lowest BCUT2D eigenvalue weighted by Gasteiger charge is -2.35. The van der Waals surface area contributed by atoms with Gasteiger partial charge in [-0.2, -0.15) is 0 Å². The van der Waals surface area contributed by atoms with Crippen molar-refractivity contribution in [3.8, 4) is 34.0 Å². The monoisotopic (exact) mass is 784 g/mol. The molecule has 56 heavy (non-hydrogen) atoms. The molecule has 2 atom stereocenters. The Balaban J connectivity index is 0.000000192. The Morgan fingerprint density at radius 3 is 1.80 bits per heavy atom. The van der Waals surface area contributed by atoms with Crippen molar-refractivity contribution in [3.05, 3.63) is 82.9 Å². The van der Waals surface area contributed by atoms with Crippen molar-refractivity contribution in [1.29, 1.82) is 0 Å². The number of amides is 5. The van der Waals surface area contributed by atoms with Crippen LogP contribution in [-0.4, -0.2) is 75.0 Å². The van der Waals surface area contributed by atoms with Crippen molar-refractivity contribution in [1.82, 2.24) is 30.8 Å². The minimum Gasteiger partial charge on any atom is -0.507 e. The first-order chi connectivity index (χ1) is 26.4. The summed E-state index contributed by atoms with van der Waals surface area (Å²) in [5, 5.41) is 35.2. The summed E-state index contributed by atoms with van der Waals surface area (Å²) >= 11 is 0. The number of phenols is 2. The Labute approximate surface area is 332 Å². The van der Waals surface area contributed by atoms with E-state index in [0.29, 0.717) is 66.2 Å². The molecular weight excluding hydrogens is 736 g/mol. The number of rotatable bonds is 4. The largest absolute Gasteiger partial charge is 0.507 e. The highest BCUT2D eigenvalue weighted by molar-refractivity contribution is 5.93. The van der Waals surface area contributed by atoms with Crippen molar-refractivity contribution in [2.75, 3.05) is 36.8 Å². The van der Waals surface area contributed by atoms with Crippen LogP contribution in [0.5, 0.6) is 11.5 Å². The van der Waals surface area contributed by atoms with E-state index in [1.165, 1.54) is 5.56 Å². The zero-order valence-electron chi connectivity index (χ0n) is 31.8. The Hall–Kier alpha value is -5.60. The Bertz CT molecular complexity index is 2100. The van der Waals surface area contributed by atoms with E-state index in [-0.39, 0.29) is 48.0 Å². The number of pyridine rings is 2. The smallest absolute Gasteiger partial charge is 0.410 e. The Kier molecular flexibility index (Phi) is 12.2. The maximum atomic E-state index is 12.6. The lowest BCUT2D eigenvalue weighted by molar-refractivity contribution is 0.0198. The van der Waals surface area contributed by atoms with E-state index in [1.807, 2.05) is 45.0 Å². The summed E-state index contributed by atoms with van der Waals surface area (Å²) in [5.74, 6) is 1.86. The summed E-state index contributed by atoms with van der Waals surface area (Å²) in [6.45, 7) is 9.58. The summed E-state index contributed by atoms with van der Waals surface area (Å²) in [4.78, 5) is 47.2. The second-order valence-electron chi connectivity index (χ2n) is 15.3. The minimum atomic E-state index is -0.550. The molecule has 8 rings (SSSR count). The van der Waals surface area contributed by atoms with E-state index in [9.17, 15) is 24.6 Å². The zero-order chi connectivity index (χ0) is 38.7. The number of carbonyl (C=O) groups excluding carboxylic acids is 3. The van der Waals surface area contributed by atoms with Crippen molar-refractivity contribution in [3.63, 3.8) is 0 Å². The third-order valence-electron chi connectivity index (χ3n) is 10.2. The molecule has 4 aliphatic rings. The van der Waals surface area contributed by atoms with Gasteiger partial charge >= 0.3 is 18.2 Å². The zero-order valence-corrected chi connectivity index (χ0v) is 32.6. The maximum Gasteiger partial charge on any atom is 0.410 e. The van der Waals surface area contributed by atoms with E-state index in [2.05, 4.69) is 42.6 Å². The second kappa shape index (κ2) is 17.0. The lowest BCUT2D eigenvalue weighted by Crippen LogP contribution is -2.43. The lowest BCUT2D eigenvalue weighted by atomic mass is 9.86. The van der Waals surface area contributed by atoms with Gasteiger partial charge in [-0.25, -0.2) is 24.4 Å². The van der Waals surface area contributed by atoms with Crippen LogP contribution in [0.2, 0.25) is 0 Å². The van der Waals surface area contributed by atoms with Gasteiger partial charge in [0.2, 0.25) is 0 Å². The topological polar surface area (TPSA) is 190 Å². The molecule has 2 fully saturated rings. The fraction of sp³-hybridized carbons (Fsp3) is 0.390. The van der Waals surface area contributed by atoms with Crippen LogP contribution in [0, 0.1) is 0 Å². The number of nitrogens with zero attached hydrogens (tertiary/aromatic N) is 3. The van der Waals surface area contributed by atoms with Gasteiger partial charge in [-0.05, 0) is 106 Å². The summed E-state index contributed by atoms with van der Waals surface area (Å²) in [6.07, 6.45) is 3.69. The first-order valence-corrected chi connectivity index (χ1v) is 18.9. The normalized spacial score (nSPS) is 18.9. The SMILES string of the molecule is CC(C)(C)OC(=O)N1CCCC(c2cc(-c3ccccc3O)nc3c2CNC(=O)N3)C1.Cl.O=C1NCc2c(C3CCCNC3)cc(-c3ccccc3O)nc2N1. The molecule has 4 aliphatic heterocycles. The molecule has 15 heteroatoms. The summed E-state index contributed by atoms with van der Waals surface area (Å²) in [5.41, 5.74) is 6.17. The van der Waals surface area contributed by atoms with E-state index in [4.69, 9.17) is 4.74 Å². The molecule has 0 saturated carbocycles. The fourth-order valence-electron chi connectivity index (χ4n) is 7.63. The molecule has 0 spiro atoms. The van der Waals surface area contributed by atoms with Crippen molar-refractivity contribution < 1.29 is 29.3 Å². The molecule has 5 amide bonds. The number of piperidine rings is 2. The number of hydrogen-bond acceptors (Lipinski definition) is 9. The van der Waals surface area contributed by atoms with Crippen LogP contribution >= 0.6 is 12.4 Å². The van der Waals surface area contributed by atoms with E-state index >= 15 is 0 Å². The van der Waals surface area contributed by atoms with Gasteiger partial charge < -0.3 is 35.8 Å². The molecule has 0 bridgehead atoms. The summed E-state index contributed by atoms with van der Waals surface area (Å²) < 4.78 is 5.57. The van der Waals surface area contributed by atoms with Crippen molar-refractivity contribution >= 4 is 42.2 Å². The molecule has 2 saturated heterocycles. The molecule has 2 aromatic carbocycles. The number of hydrogen-bond donors (Lipinski definition) is 7. The predicted octanol–water partition coefficient (Wildman–Crippen LogP) is 7.18. The third kappa shape index (κ3) is 9.09. The number of anilines is 2. The highest BCUT2D eigenvalue weighted by atomic mass is 35.5. The number of para-hydroxylation sites is 2. The summed E-state index contributed by atoms with van der Waals surface area (Å²) in [6, 6.07) is 17.6. The number of fused-ring (bicyclic) bond motifs is 2. The van der Waals surface area contributed by atoms with E-state index in [0.717, 1.165) is 55.5 Å². The molecule has 7 N–H and O–H groups in total. The van der Waals surface area contributed by atoms with Gasteiger partial charge in [0.1, 0.15) is 28.7 Å². The van der Waals surface area contributed by atoms with Gasteiger partial charge in [-0.15, -0.1) is 12.4 Å². The predicted molar refractivity (Wildman–Crippen MR) is 216 cm³/mol.